The monoisotopic (exact) mass is 342 g/mol. The van der Waals surface area contributed by atoms with Crippen LogP contribution in [0.15, 0.2) is 22.7 Å². The lowest BCUT2D eigenvalue weighted by Crippen LogP contribution is -2.48. The highest BCUT2D eigenvalue weighted by molar-refractivity contribution is 9.10. The lowest BCUT2D eigenvalue weighted by molar-refractivity contribution is -0.0678. The van der Waals surface area contributed by atoms with Gasteiger partial charge in [0.2, 0.25) is 0 Å². The van der Waals surface area contributed by atoms with E-state index < -0.39 is 0 Å². The number of morpholine rings is 1. The third-order valence-electron chi connectivity index (χ3n) is 3.72. The summed E-state index contributed by atoms with van der Waals surface area (Å²) < 4.78 is 12.3. The fourth-order valence-electron chi connectivity index (χ4n) is 2.79. The van der Waals surface area contributed by atoms with Crippen LogP contribution in [0.2, 0.25) is 0 Å². The molecule has 0 aliphatic carbocycles. The van der Waals surface area contributed by atoms with Gasteiger partial charge in [-0.05, 0) is 36.7 Å². The van der Waals surface area contributed by atoms with Crippen LogP contribution in [-0.2, 0) is 4.74 Å². The molecular formula is C15H23BrN2O2. The molecule has 0 saturated carbocycles. The van der Waals surface area contributed by atoms with Crippen molar-refractivity contribution in [2.75, 3.05) is 33.4 Å². The molecule has 2 rings (SSSR count). The average Bonchev–Trinajstić information content (AvgIpc) is 2.48. The Morgan fingerprint density at radius 1 is 1.50 bits per heavy atom. The second-order valence-corrected chi connectivity index (χ2v) is 5.87. The van der Waals surface area contributed by atoms with E-state index in [0.29, 0.717) is 6.54 Å². The minimum atomic E-state index is 0.0266. The molecule has 1 fully saturated rings. The third kappa shape index (κ3) is 3.34. The second-order valence-electron chi connectivity index (χ2n) is 5.01. The summed E-state index contributed by atoms with van der Waals surface area (Å²) in [5.41, 5.74) is 7.10. The number of ether oxygens (including phenoxy) is 2. The first-order chi connectivity index (χ1) is 9.71. The van der Waals surface area contributed by atoms with E-state index in [9.17, 15) is 0 Å². The Labute approximate surface area is 129 Å². The Balaban J connectivity index is 2.37. The van der Waals surface area contributed by atoms with Gasteiger partial charge in [0.1, 0.15) is 5.75 Å². The van der Waals surface area contributed by atoms with E-state index in [0.717, 1.165) is 36.3 Å². The smallest absolute Gasteiger partial charge is 0.119 e. The van der Waals surface area contributed by atoms with Gasteiger partial charge in [-0.15, -0.1) is 0 Å². The van der Waals surface area contributed by atoms with Crippen molar-refractivity contribution in [1.82, 2.24) is 4.90 Å². The molecule has 5 heteroatoms. The van der Waals surface area contributed by atoms with E-state index in [-0.39, 0.29) is 12.1 Å². The van der Waals surface area contributed by atoms with E-state index in [1.54, 1.807) is 7.11 Å². The van der Waals surface area contributed by atoms with Crippen molar-refractivity contribution in [1.29, 1.82) is 0 Å². The number of hydrogen-bond acceptors (Lipinski definition) is 4. The van der Waals surface area contributed by atoms with Crippen molar-refractivity contribution in [2.45, 2.75) is 25.5 Å². The largest absolute Gasteiger partial charge is 0.497 e. The van der Waals surface area contributed by atoms with Crippen LogP contribution >= 0.6 is 15.9 Å². The van der Waals surface area contributed by atoms with Crippen molar-refractivity contribution >= 4 is 15.9 Å². The van der Waals surface area contributed by atoms with Gasteiger partial charge in [0.15, 0.2) is 0 Å². The molecule has 0 radical (unpaired) electrons. The predicted octanol–water partition coefficient (Wildman–Crippen LogP) is 2.57. The van der Waals surface area contributed by atoms with E-state index >= 15 is 0 Å². The topological polar surface area (TPSA) is 47.7 Å². The molecule has 2 unspecified atom stereocenters. The zero-order valence-corrected chi connectivity index (χ0v) is 13.7. The molecule has 0 aromatic heterocycles. The van der Waals surface area contributed by atoms with Gasteiger partial charge in [0, 0.05) is 17.6 Å². The lowest BCUT2D eigenvalue weighted by atomic mass is 9.97. The minimum Gasteiger partial charge on any atom is -0.497 e. The van der Waals surface area contributed by atoms with Crippen molar-refractivity contribution in [3.63, 3.8) is 0 Å². The highest BCUT2D eigenvalue weighted by atomic mass is 79.9. The van der Waals surface area contributed by atoms with Crippen LogP contribution < -0.4 is 10.5 Å². The van der Waals surface area contributed by atoms with Crippen molar-refractivity contribution < 1.29 is 9.47 Å². The molecule has 1 heterocycles. The number of hydrogen-bond donors (Lipinski definition) is 1. The normalized spacial score (nSPS) is 23.8. The fourth-order valence-corrected chi connectivity index (χ4v) is 3.28. The molecule has 1 aromatic rings. The molecule has 1 aliphatic heterocycles. The molecule has 1 aliphatic rings. The van der Waals surface area contributed by atoms with Crippen molar-refractivity contribution in [2.24, 2.45) is 5.73 Å². The quantitative estimate of drug-likeness (QED) is 0.893. The summed E-state index contributed by atoms with van der Waals surface area (Å²) in [6.45, 7) is 5.46. The molecular weight excluding hydrogens is 320 g/mol. The molecule has 0 amide bonds. The zero-order chi connectivity index (χ0) is 14.5. The number of halogens is 1. The summed E-state index contributed by atoms with van der Waals surface area (Å²) in [7, 11) is 1.69. The summed E-state index contributed by atoms with van der Waals surface area (Å²) in [4.78, 5) is 2.46. The maximum absolute atomic E-state index is 5.91. The van der Waals surface area contributed by atoms with Crippen LogP contribution in [0.1, 0.15) is 24.9 Å². The summed E-state index contributed by atoms with van der Waals surface area (Å²) in [5.74, 6) is 0.862. The summed E-state index contributed by atoms with van der Waals surface area (Å²) in [6.07, 6.45) is 1.15. The van der Waals surface area contributed by atoms with E-state index in [4.69, 9.17) is 15.2 Å². The first-order valence-corrected chi connectivity index (χ1v) is 7.89. The van der Waals surface area contributed by atoms with Crippen LogP contribution in [0, 0.1) is 0 Å². The number of nitrogens with zero attached hydrogens (tertiary/aromatic N) is 1. The zero-order valence-electron chi connectivity index (χ0n) is 12.1. The number of benzene rings is 1. The molecule has 2 atom stereocenters. The molecule has 112 valence electrons. The highest BCUT2D eigenvalue weighted by Crippen LogP contribution is 2.36. The summed E-state index contributed by atoms with van der Waals surface area (Å²) >= 11 is 3.65. The average molecular weight is 343 g/mol. The third-order valence-corrected chi connectivity index (χ3v) is 4.44. The predicted molar refractivity (Wildman–Crippen MR) is 84.1 cm³/mol. The van der Waals surface area contributed by atoms with Gasteiger partial charge in [-0.3, -0.25) is 4.90 Å². The molecule has 4 nitrogen and oxygen atoms in total. The van der Waals surface area contributed by atoms with E-state index in [2.05, 4.69) is 33.8 Å². The Bertz CT molecular complexity index is 440. The molecule has 1 saturated heterocycles. The van der Waals surface area contributed by atoms with Gasteiger partial charge in [0.05, 0.1) is 25.9 Å². The van der Waals surface area contributed by atoms with Crippen LogP contribution in [0.3, 0.4) is 0 Å². The Hall–Kier alpha value is -0.620. The first kappa shape index (κ1) is 15.8. The SMILES string of the molecule is CCCN1CCOC(CN)C1c1cc(OC)ccc1Br. The van der Waals surface area contributed by atoms with E-state index in [1.807, 2.05) is 12.1 Å². The molecule has 1 aromatic carbocycles. The standard InChI is InChI=1S/C15H23BrN2O2/c1-3-6-18-7-8-20-14(10-17)15(18)12-9-11(19-2)4-5-13(12)16/h4-5,9,14-15H,3,6-8,10,17H2,1-2H3. The maximum atomic E-state index is 5.91. The Kier molecular flexibility index (Phi) is 5.84. The molecule has 0 spiro atoms. The summed E-state index contributed by atoms with van der Waals surface area (Å²) in [5, 5.41) is 0. The first-order valence-electron chi connectivity index (χ1n) is 7.10. The van der Waals surface area contributed by atoms with Gasteiger partial charge in [0.25, 0.3) is 0 Å². The maximum Gasteiger partial charge on any atom is 0.119 e. The van der Waals surface area contributed by atoms with Gasteiger partial charge < -0.3 is 15.2 Å². The van der Waals surface area contributed by atoms with Crippen molar-refractivity contribution in [3.8, 4) is 5.75 Å². The lowest BCUT2D eigenvalue weighted by Gasteiger charge is -2.41. The van der Waals surface area contributed by atoms with Crippen LogP contribution in [0.4, 0.5) is 0 Å². The van der Waals surface area contributed by atoms with Gasteiger partial charge in [-0.1, -0.05) is 22.9 Å². The van der Waals surface area contributed by atoms with E-state index in [1.165, 1.54) is 5.56 Å². The van der Waals surface area contributed by atoms with Crippen molar-refractivity contribution in [3.05, 3.63) is 28.2 Å². The number of nitrogens with two attached hydrogens (primary N) is 1. The number of methoxy groups -OCH3 is 1. The van der Waals surface area contributed by atoms with Gasteiger partial charge in [-0.2, -0.15) is 0 Å². The second kappa shape index (κ2) is 7.41. The highest BCUT2D eigenvalue weighted by Gasteiger charge is 2.33. The summed E-state index contributed by atoms with van der Waals surface area (Å²) in [6, 6.07) is 6.24. The van der Waals surface area contributed by atoms with Gasteiger partial charge >= 0.3 is 0 Å². The molecule has 20 heavy (non-hydrogen) atoms. The Morgan fingerprint density at radius 3 is 2.95 bits per heavy atom. The van der Waals surface area contributed by atoms with Crippen LogP contribution in [-0.4, -0.2) is 44.4 Å². The fraction of sp³-hybridized carbons (Fsp3) is 0.600. The molecule has 0 bridgehead atoms. The van der Waals surface area contributed by atoms with Gasteiger partial charge in [-0.25, -0.2) is 0 Å². The minimum absolute atomic E-state index is 0.0266. The Morgan fingerprint density at radius 2 is 2.30 bits per heavy atom. The number of rotatable bonds is 5. The van der Waals surface area contributed by atoms with Crippen LogP contribution in [0.5, 0.6) is 5.75 Å². The van der Waals surface area contributed by atoms with Crippen LogP contribution in [0.25, 0.3) is 0 Å². The molecule has 2 N–H and O–H groups in total.